The third-order valence-electron chi connectivity index (χ3n) is 3.60. The van der Waals surface area contributed by atoms with Crippen LogP contribution >= 0.6 is 0 Å². The van der Waals surface area contributed by atoms with Crippen molar-refractivity contribution in [3.63, 3.8) is 0 Å². The number of hydrogen-bond donors (Lipinski definition) is 3. The third-order valence-corrected chi connectivity index (χ3v) is 3.60. The van der Waals surface area contributed by atoms with E-state index in [9.17, 15) is 9.90 Å². The molecular weight excluding hydrogens is 256 g/mol. The summed E-state index contributed by atoms with van der Waals surface area (Å²) in [5.74, 6) is 0.760. The molecule has 0 aromatic carbocycles. The fourth-order valence-corrected chi connectivity index (χ4v) is 2.43. The summed E-state index contributed by atoms with van der Waals surface area (Å²) in [6.45, 7) is 7.08. The van der Waals surface area contributed by atoms with Gasteiger partial charge in [0.15, 0.2) is 0 Å². The van der Waals surface area contributed by atoms with Crippen LogP contribution in [0.4, 0.5) is 0 Å². The van der Waals surface area contributed by atoms with Crippen LogP contribution in [0.15, 0.2) is 0 Å². The molecule has 1 unspecified atom stereocenters. The molecule has 1 amide bonds. The van der Waals surface area contributed by atoms with Crippen molar-refractivity contribution < 1.29 is 14.6 Å². The number of amides is 1. The molecule has 0 radical (unpaired) electrons. The van der Waals surface area contributed by atoms with E-state index in [1.54, 1.807) is 0 Å². The lowest BCUT2D eigenvalue weighted by atomic mass is 9.89. The predicted octanol–water partition coefficient (Wildman–Crippen LogP) is 1.06. The Morgan fingerprint density at radius 1 is 1.30 bits per heavy atom. The van der Waals surface area contributed by atoms with Crippen LogP contribution in [-0.4, -0.2) is 49.0 Å². The van der Waals surface area contributed by atoms with Crippen LogP contribution in [0.25, 0.3) is 0 Å². The van der Waals surface area contributed by atoms with Crippen molar-refractivity contribution >= 4 is 5.91 Å². The van der Waals surface area contributed by atoms with Gasteiger partial charge in [0.2, 0.25) is 5.91 Å². The molecule has 1 aliphatic rings. The average molecular weight is 286 g/mol. The van der Waals surface area contributed by atoms with Gasteiger partial charge in [-0.3, -0.25) is 4.79 Å². The zero-order valence-corrected chi connectivity index (χ0v) is 13.0. The largest absolute Gasteiger partial charge is 0.389 e. The van der Waals surface area contributed by atoms with Crippen LogP contribution in [0.2, 0.25) is 0 Å². The van der Waals surface area contributed by atoms with Crippen molar-refractivity contribution in [2.24, 2.45) is 5.92 Å². The molecule has 0 aromatic heterocycles. The van der Waals surface area contributed by atoms with Gasteiger partial charge in [-0.05, 0) is 45.4 Å². The maximum absolute atomic E-state index is 11.4. The van der Waals surface area contributed by atoms with Crippen molar-refractivity contribution in [1.29, 1.82) is 0 Å². The van der Waals surface area contributed by atoms with Gasteiger partial charge in [0.1, 0.15) is 0 Å². The molecule has 0 bridgehead atoms. The molecule has 5 nitrogen and oxygen atoms in total. The minimum Gasteiger partial charge on any atom is -0.389 e. The molecule has 1 rings (SSSR count). The highest BCUT2D eigenvalue weighted by Crippen LogP contribution is 2.25. The van der Waals surface area contributed by atoms with Gasteiger partial charge in [0, 0.05) is 12.6 Å². The molecule has 3 N–H and O–H groups in total. The van der Waals surface area contributed by atoms with E-state index < -0.39 is 6.10 Å². The summed E-state index contributed by atoms with van der Waals surface area (Å²) in [6, 6.07) is 0.145. The van der Waals surface area contributed by atoms with Crippen molar-refractivity contribution in [2.45, 2.75) is 64.7 Å². The minimum atomic E-state index is -0.554. The Hall–Kier alpha value is -0.650. The molecule has 1 aliphatic carbocycles. The first-order valence-electron chi connectivity index (χ1n) is 7.77. The molecule has 1 fully saturated rings. The first-order chi connectivity index (χ1) is 9.47. The number of carbonyl (C=O) groups is 1. The normalized spacial score (nSPS) is 24.6. The maximum atomic E-state index is 11.4. The predicted molar refractivity (Wildman–Crippen MR) is 79.5 cm³/mol. The molecule has 0 heterocycles. The Morgan fingerprint density at radius 2 is 1.95 bits per heavy atom. The van der Waals surface area contributed by atoms with Crippen LogP contribution in [-0.2, 0) is 9.53 Å². The molecule has 0 spiro atoms. The van der Waals surface area contributed by atoms with Gasteiger partial charge in [-0.1, -0.05) is 6.92 Å². The van der Waals surface area contributed by atoms with Crippen LogP contribution < -0.4 is 10.6 Å². The van der Waals surface area contributed by atoms with Crippen LogP contribution in [0.3, 0.4) is 0 Å². The summed E-state index contributed by atoms with van der Waals surface area (Å²) >= 11 is 0. The standard InChI is InChI=1S/C15H30N2O3/c1-11(2)17-15(19)9-16-8-13(18)10-20-14-6-4-12(3)5-7-14/h11-14,16,18H,4-10H2,1-3H3,(H,17,19). The molecule has 5 heteroatoms. The summed E-state index contributed by atoms with van der Waals surface area (Å²) < 4.78 is 5.72. The zero-order valence-electron chi connectivity index (χ0n) is 13.0. The second-order valence-corrected chi connectivity index (χ2v) is 6.22. The van der Waals surface area contributed by atoms with Crippen molar-refractivity contribution in [3.8, 4) is 0 Å². The van der Waals surface area contributed by atoms with E-state index in [0.29, 0.717) is 19.3 Å². The smallest absolute Gasteiger partial charge is 0.234 e. The van der Waals surface area contributed by atoms with Gasteiger partial charge < -0.3 is 20.5 Å². The van der Waals surface area contributed by atoms with E-state index in [-0.39, 0.29) is 18.5 Å². The maximum Gasteiger partial charge on any atom is 0.234 e. The van der Waals surface area contributed by atoms with E-state index >= 15 is 0 Å². The zero-order chi connectivity index (χ0) is 15.0. The fraction of sp³-hybridized carbons (Fsp3) is 0.933. The molecule has 0 aliphatic heterocycles. The van der Waals surface area contributed by atoms with Crippen LogP contribution in [0, 0.1) is 5.92 Å². The van der Waals surface area contributed by atoms with Gasteiger partial charge in [-0.15, -0.1) is 0 Å². The Bertz CT molecular complexity index is 276. The highest BCUT2D eigenvalue weighted by Gasteiger charge is 2.19. The van der Waals surface area contributed by atoms with Crippen molar-refractivity contribution in [2.75, 3.05) is 19.7 Å². The Morgan fingerprint density at radius 3 is 2.55 bits per heavy atom. The Kier molecular flexibility index (Phi) is 8.11. The summed E-state index contributed by atoms with van der Waals surface area (Å²) in [5, 5.41) is 15.5. The molecule has 1 saturated carbocycles. The summed E-state index contributed by atoms with van der Waals surface area (Å²) in [6.07, 6.45) is 4.37. The lowest BCUT2D eigenvalue weighted by Crippen LogP contribution is -2.41. The molecular formula is C15H30N2O3. The minimum absolute atomic E-state index is 0.0469. The van der Waals surface area contributed by atoms with Crippen molar-refractivity contribution in [3.05, 3.63) is 0 Å². The number of aliphatic hydroxyl groups is 1. The first kappa shape index (κ1) is 17.4. The highest BCUT2D eigenvalue weighted by atomic mass is 16.5. The Balaban J connectivity index is 2.03. The number of rotatable bonds is 8. The molecule has 1 atom stereocenters. The van der Waals surface area contributed by atoms with Gasteiger partial charge in [0.05, 0.1) is 25.4 Å². The second kappa shape index (κ2) is 9.32. The quantitative estimate of drug-likeness (QED) is 0.624. The van der Waals surface area contributed by atoms with Crippen LogP contribution in [0.1, 0.15) is 46.5 Å². The third kappa shape index (κ3) is 7.82. The van der Waals surface area contributed by atoms with Crippen LogP contribution in [0.5, 0.6) is 0 Å². The van der Waals surface area contributed by atoms with E-state index in [1.807, 2.05) is 13.8 Å². The highest BCUT2D eigenvalue weighted by molar-refractivity contribution is 5.78. The Labute approximate surface area is 122 Å². The van der Waals surface area contributed by atoms with Gasteiger partial charge >= 0.3 is 0 Å². The second-order valence-electron chi connectivity index (χ2n) is 6.22. The van der Waals surface area contributed by atoms with Gasteiger partial charge in [-0.2, -0.15) is 0 Å². The fourth-order valence-electron chi connectivity index (χ4n) is 2.43. The van der Waals surface area contributed by atoms with E-state index in [0.717, 1.165) is 18.8 Å². The van der Waals surface area contributed by atoms with E-state index in [4.69, 9.17) is 4.74 Å². The van der Waals surface area contributed by atoms with E-state index in [2.05, 4.69) is 17.6 Å². The number of carbonyl (C=O) groups excluding carboxylic acids is 1. The monoisotopic (exact) mass is 286 g/mol. The van der Waals surface area contributed by atoms with Gasteiger partial charge in [0.25, 0.3) is 0 Å². The lowest BCUT2D eigenvalue weighted by molar-refractivity contribution is -0.120. The lowest BCUT2D eigenvalue weighted by Gasteiger charge is -2.27. The molecule has 20 heavy (non-hydrogen) atoms. The van der Waals surface area contributed by atoms with Crippen molar-refractivity contribution in [1.82, 2.24) is 10.6 Å². The molecule has 118 valence electrons. The topological polar surface area (TPSA) is 70.6 Å². The molecule has 0 aromatic rings. The van der Waals surface area contributed by atoms with E-state index in [1.165, 1.54) is 12.8 Å². The number of nitrogens with one attached hydrogen (secondary N) is 2. The van der Waals surface area contributed by atoms with Gasteiger partial charge in [-0.25, -0.2) is 0 Å². The number of aliphatic hydroxyl groups excluding tert-OH is 1. The SMILES string of the molecule is CC1CCC(OCC(O)CNCC(=O)NC(C)C)CC1. The first-order valence-corrected chi connectivity index (χ1v) is 7.77. The summed E-state index contributed by atoms with van der Waals surface area (Å²) in [7, 11) is 0. The summed E-state index contributed by atoms with van der Waals surface area (Å²) in [4.78, 5) is 11.4. The number of ether oxygens (including phenoxy) is 1. The number of hydrogen-bond acceptors (Lipinski definition) is 4. The summed E-state index contributed by atoms with van der Waals surface area (Å²) in [5.41, 5.74) is 0. The average Bonchev–Trinajstić information content (AvgIpc) is 2.37. The molecule has 0 saturated heterocycles.